The van der Waals surface area contributed by atoms with Crippen molar-refractivity contribution in [1.29, 1.82) is 0 Å². The van der Waals surface area contributed by atoms with E-state index in [1.165, 1.54) is 7.11 Å². The van der Waals surface area contributed by atoms with Crippen molar-refractivity contribution in [3.05, 3.63) is 36.3 Å². The van der Waals surface area contributed by atoms with E-state index in [0.717, 1.165) is 0 Å². The maximum absolute atomic E-state index is 11.6. The number of aromatic nitrogens is 4. The van der Waals surface area contributed by atoms with E-state index >= 15 is 0 Å². The van der Waals surface area contributed by atoms with Crippen LogP contribution in [0.25, 0.3) is 11.5 Å². The van der Waals surface area contributed by atoms with Gasteiger partial charge in [0.25, 0.3) is 0 Å². The molecule has 0 aromatic carbocycles. The Balaban J connectivity index is 0.000000861. The van der Waals surface area contributed by atoms with Crippen molar-refractivity contribution in [1.82, 2.24) is 15.1 Å². The van der Waals surface area contributed by atoms with Crippen LogP contribution < -0.4 is 4.68 Å². The Hall–Kier alpha value is -2.37. The van der Waals surface area contributed by atoms with E-state index < -0.39 is 5.97 Å². The lowest BCUT2D eigenvalue weighted by Gasteiger charge is -2.02. The fourth-order valence-corrected chi connectivity index (χ4v) is 1.37. The zero-order valence-electron chi connectivity index (χ0n) is 11.5. The Morgan fingerprint density at radius 1 is 1.26 bits per heavy atom. The first kappa shape index (κ1) is 14.7. The molecule has 0 aliphatic heterocycles. The van der Waals surface area contributed by atoms with Crippen LogP contribution in [0.2, 0.25) is 0 Å². The normalized spacial score (nSPS) is 9.26. The average molecular weight is 261 g/mol. The topological polar surface area (TPSA) is 68.8 Å². The molecule has 0 radical (unpaired) electrons. The first-order valence-electron chi connectivity index (χ1n) is 5.95. The van der Waals surface area contributed by atoms with Crippen LogP contribution in [0, 0.1) is 0 Å². The maximum atomic E-state index is 11.6. The Morgan fingerprint density at radius 2 is 1.89 bits per heavy atom. The molecule has 0 aliphatic rings. The van der Waals surface area contributed by atoms with Gasteiger partial charge in [-0.25, -0.2) is 14.8 Å². The number of carbonyl (C=O) groups is 1. The van der Waals surface area contributed by atoms with Crippen LogP contribution in [-0.4, -0.2) is 28.1 Å². The summed E-state index contributed by atoms with van der Waals surface area (Å²) in [5, 5.41) is 4.20. The third-order valence-electron chi connectivity index (χ3n) is 2.15. The minimum Gasteiger partial charge on any atom is -0.465 e. The van der Waals surface area contributed by atoms with Crippen molar-refractivity contribution >= 4 is 5.97 Å². The summed E-state index contributed by atoms with van der Waals surface area (Å²) in [5.74, 6) is -0.0651. The van der Waals surface area contributed by atoms with Crippen LogP contribution in [-0.2, 0) is 11.8 Å². The number of methoxy groups -OCH3 is 1. The fraction of sp³-hybridized carbons (Fsp3) is 0.308. The van der Waals surface area contributed by atoms with Crippen molar-refractivity contribution in [2.75, 3.05) is 7.11 Å². The highest BCUT2D eigenvalue weighted by Gasteiger charge is 2.20. The number of hydrogen-bond acceptors (Lipinski definition) is 5. The molecule has 2 heterocycles. The van der Waals surface area contributed by atoms with E-state index in [0.29, 0.717) is 17.1 Å². The van der Waals surface area contributed by atoms with Gasteiger partial charge in [0.2, 0.25) is 0 Å². The number of nitrogens with zero attached hydrogens (tertiary/aromatic N) is 4. The number of esters is 1. The highest BCUT2D eigenvalue weighted by Crippen LogP contribution is 2.15. The molecule has 2 aromatic rings. The largest absolute Gasteiger partial charge is 0.465 e. The van der Waals surface area contributed by atoms with Gasteiger partial charge in [-0.05, 0) is 6.07 Å². The van der Waals surface area contributed by atoms with Gasteiger partial charge in [0.15, 0.2) is 24.8 Å². The molecule has 6 heteroatoms. The Kier molecular flexibility index (Phi) is 5.53. The van der Waals surface area contributed by atoms with Gasteiger partial charge in [-0.2, -0.15) is 0 Å². The molecule has 19 heavy (non-hydrogen) atoms. The van der Waals surface area contributed by atoms with Crippen molar-refractivity contribution in [3.63, 3.8) is 0 Å². The lowest BCUT2D eigenvalue weighted by Crippen LogP contribution is -2.33. The molecular weight excluding hydrogens is 244 g/mol. The van der Waals surface area contributed by atoms with Crippen LogP contribution in [0.3, 0.4) is 0 Å². The summed E-state index contributed by atoms with van der Waals surface area (Å²) in [4.78, 5) is 19.7. The van der Waals surface area contributed by atoms with Gasteiger partial charge in [-0.1, -0.05) is 18.5 Å². The van der Waals surface area contributed by atoms with Crippen molar-refractivity contribution in [2.45, 2.75) is 13.8 Å². The minimum absolute atomic E-state index is 0.344. The van der Waals surface area contributed by atoms with Crippen LogP contribution in [0.4, 0.5) is 0 Å². The van der Waals surface area contributed by atoms with E-state index in [1.54, 1.807) is 42.5 Å². The van der Waals surface area contributed by atoms with Gasteiger partial charge in [-0.15, -0.1) is 0 Å². The molecule has 0 fully saturated rings. The third-order valence-corrected chi connectivity index (χ3v) is 2.15. The molecule has 0 aliphatic carbocycles. The Morgan fingerprint density at radius 3 is 2.47 bits per heavy atom. The summed E-state index contributed by atoms with van der Waals surface area (Å²) >= 11 is 0. The highest BCUT2D eigenvalue weighted by molar-refractivity contribution is 5.94. The molecule has 0 saturated heterocycles. The fourth-order valence-electron chi connectivity index (χ4n) is 1.37. The summed E-state index contributed by atoms with van der Waals surface area (Å²) in [6.45, 7) is 4.00. The van der Waals surface area contributed by atoms with E-state index in [-0.39, 0.29) is 0 Å². The number of carbonyl (C=O) groups excluding carboxylic acids is 1. The molecule has 0 saturated carbocycles. The molecule has 0 bridgehead atoms. The summed E-state index contributed by atoms with van der Waals surface area (Å²) < 4.78 is 6.28. The highest BCUT2D eigenvalue weighted by atomic mass is 16.5. The van der Waals surface area contributed by atoms with E-state index in [2.05, 4.69) is 15.1 Å². The molecule has 6 nitrogen and oxygen atoms in total. The number of rotatable bonds is 2. The van der Waals surface area contributed by atoms with Gasteiger partial charge < -0.3 is 4.74 Å². The summed E-state index contributed by atoms with van der Waals surface area (Å²) in [5.41, 5.74) is 0.749. The predicted molar refractivity (Wildman–Crippen MR) is 69.1 cm³/mol. The molecule has 0 N–H and O–H groups in total. The average Bonchev–Trinajstić information content (AvgIpc) is 2.49. The molecule has 2 rings (SSSR count). The smallest absolute Gasteiger partial charge is 0.340 e. The predicted octanol–water partition coefficient (Wildman–Crippen LogP) is 1.18. The first-order chi connectivity index (χ1) is 9.22. The van der Waals surface area contributed by atoms with Crippen LogP contribution in [0.5, 0.6) is 0 Å². The zero-order chi connectivity index (χ0) is 14.3. The Labute approximate surface area is 112 Å². The first-order valence-corrected chi connectivity index (χ1v) is 5.95. The maximum Gasteiger partial charge on any atom is 0.340 e. The summed E-state index contributed by atoms with van der Waals surface area (Å²) in [6, 6.07) is 3.33. The molecular formula is C13H17N4O2+. The van der Waals surface area contributed by atoms with Crippen molar-refractivity contribution < 1.29 is 14.2 Å². The number of ether oxygens (including phenoxy) is 1. The van der Waals surface area contributed by atoms with Crippen molar-refractivity contribution in [2.24, 2.45) is 7.05 Å². The second-order valence-electron chi connectivity index (χ2n) is 3.32. The van der Waals surface area contributed by atoms with Gasteiger partial charge in [0.1, 0.15) is 5.56 Å². The second-order valence-corrected chi connectivity index (χ2v) is 3.32. The Bertz CT molecular complexity index is 544. The van der Waals surface area contributed by atoms with Crippen LogP contribution in [0.15, 0.2) is 30.7 Å². The van der Waals surface area contributed by atoms with Gasteiger partial charge in [0, 0.05) is 23.6 Å². The van der Waals surface area contributed by atoms with Crippen molar-refractivity contribution in [3.8, 4) is 11.5 Å². The lowest BCUT2D eigenvalue weighted by molar-refractivity contribution is -0.730. The molecule has 100 valence electrons. The second kappa shape index (κ2) is 7.15. The molecule has 0 unspecified atom stereocenters. The molecule has 0 spiro atoms. The quantitative estimate of drug-likeness (QED) is 0.599. The van der Waals surface area contributed by atoms with Crippen LogP contribution >= 0.6 is 0 Å². The van der Waals surface area contributed by atoms with E-state index in [1.807, 2.05) is 13.8 Å². The minimum atomic E-state index is -0.458. The molecule has 0 atom stereocenters. The van der Waals surface area contributed by atoms with E-state index in [9.17, 15) is 4.79 Å². The molecule has 2 aromatic heterocycles. The lowest BCUT2D eigenvalue weighted by atomic mass is 10.2. The van der Waals surface area contributed by atoms with E-state index in [4.69, 9.17) is 4.74 Å². The zero-order valence-corrected chi connectivity index (χ0v) is 11.5. The number of aryl methyl sites for hydroxylation is 1. The number of hydrogen-bond donors (Lipinski definition) is 0. The van der Waals surface area contributed by atoms with Gasteiger partial charge >= 0.3 is 5.97 Å². The standard InChI is InChI=1S/C11H11N4O2.C2H6/c1-15-7-4-8(11(16)17-2)9(14-15)10-12-5-3-6-13-10;1-2/h3-7H,1-2H3;1-2H3/q+1;. The van der Waals surface area contributed by atoms with Gasteiger partial charge in [0.05, 0.1) is 7.11 Å². The third kappa shape index (κ3) is 3.54. The van der Waals surface area contributed by atoms with Gasteiger partial charge in [-0.3, -0.25) is 0 Å². The molecule has 0 amide bonds. The SMILES string of the molecule is CC.COC(=O)c1cc[n+](C)nc1-c1ncccn1. The monoisotopic (exact) mass is 261 g/mol. The van der Waals surface area contributed by atoms with Crippen LogP contribution in [0.1, 0.15) is 24.2 Å². The summed E-state index contributed by atoms with van der Waals surface area (Å²) in [6.07, 6.45) is 4.86. The summed E-state index contributed by atoms with van der Waals surface area (Å²) in [7, 11) is 3.08.